The summed E-state index contributed by atoms with van der Waals surface area (Å²) in [6.45, 7) is 1.97. The van der Waals surface area contributed by atoms with Gasteiger partial charge in [0, 0.05) is 12.6 Å². The quantitative estimate of drug-likeness (QED) is 0.718. The molecule has 0 spiro atoms. The molecule has 3 heteroatoms. The molecule has 0 radical (unpaired) electrons. The Hall–Kier alpha value is -1.22. The molecule has 1 aliphatic rings. The molecule has 0 bridgehead atoms. The van der Waals surface area contributed by atoms with Crippen molar-refractivity contribution in [2.24, 2.45) is 5.92 Å². The van der Waals surface area contributed by atoms with E-state index in [1.54, 1.807) is 14.2 Å². The fourth-order valence-corrected chi connectivity index (χ4v) is 2.12. The third-order valence-corrected chi connectivity index (χ3v) is 3.40. The molecule has 0 unspecified atom stereocenters. The van der Waals surface area contributed by atoms with Crippen molar-refractivity contribution < 1.29 is 9.47 Å². The van der Waals surface area contributed by atoms with Gasteiger partial charge >= 0.3 is 0 Å². The molecule has 0 saturated heterocycles. The van der Waals surface area contributed by atoms with Gasteiger partial charge in [0.2, 0.25) is 0 Å². The summed E-state index contributed by atoms with van der Waals surface area (Å²) >= 11 is 0. The van der Waals surface area contributed by atoms with Crippen molar-refractivity contribution in [1.29, 1.82) is 0 Å². The zero-order valence-corrected chi connectivity index (χ0v) is 11.4. The third kappa shape index (κ3) is 4.22. The maximum Gasteiger partial charge on any atom is 0.122 e. The maximum atomic E-state index is 5.26. The first-order valence-corrected chi connectivity index (χ1v) is 6.74. The Balaban J connectivity index is 1.75. The lowest BCUT2D eigenvalue weighted by Gasteiger charge is -2.09. The summed E-state index contributed by atoms with van der Waals surface area (Å²) in [7, 11) is 3.36. The monoisotopic (exact) mass is 249 g/mol. The molecule has 1 aromatic rings. The average Bonchev–Trinajstić information content (AvgIpc) is 3.22. The Morgan fingerprint density at radius 1 is 1.11 bits per heavy atom. The van der Waals surface area contributed by atoms with Crippen LogP contribution in [-0.2, 0) is 6.54 Å². The second-order valence-electron chi connectivity index (χ2n) is 4.98. The number of methoxy groups -OCH3 is 2. The maximum absolute atomic E-state index is 5.26. The smallest absolute Gasteiger partial charge is 0.122 e. The minimum Gasteiger partial charge on any atom is -0.497 e. The van der Waals surface area contributed by atoms with Crippen LogP contribution in [0.15, 0.2) is 18.2 Å². The van der Waals surface area contributed by atoms with Crippen LogP contribution in [0.2, 0.25) is 0 Å². The minimum absolute atomic E-state index is 0.851. The lowest BCUT2D eigenvalue weighted by molar-refractivity contribution is 0.393. The molecule has 1 aliphatic carbocycles. The van der Waals surface area contributed by atoms with Gasteiger partial charge in [0.25, 0.3) is 0 Å². The number of hydrogen-bond acceptors (Lipinski definition) is 3. The SMILES string of the molecule is COc1cc(CNCCCC2CC2)cc(OC)c1. The van der Waals surface area contributed by atoms with Crippen molar-refractivity contribution in [2.45, 2.75) is 32.2 Å². The summed E-state index contributed by atoms with van der Waals surface area (Å²) in [5.41, 5.74) is 1.21. The first-order valence-electron chi connectivity index (χ1n) is 6.74. The Kier molecular flexibility index (Phi) is 4.88. The predicted octanol–water partition coefficient (Wildman–Crippen LogP) is 2.98. The van der Waals surface area contributed by atoms with Crippen molar-refractivity contribution in [1.82, 2.24) is 5.32 Å². The van der Waals surface area contributed by atoms with E-state index in [1.165, 1.54) is 31.2 Å². The van der Waals surface area contributed by atoms with Crippen LogP contribution in [-0.4, -0.2) is 20.8 Å². The van der Waals surface area contributed by atoms with Crippen molar-refractivity contribution in [3.63, 3.8) is 0 Å². The van der Waals surface area contributed by atoms with Gasteiger partial charge < -0.3 is 14.8 Å². The van der Waals surface area contributed by atoms with Gasteiger partial charge in [0.15, 0.2) is 0 Å². The number of rotatable bonds is 8. The van der Waals surface area contributed by atoms with Gasteiger partial charge in [-0.05, 0) is 43.0 Å². The molecule has 0 amide bonds. The van der Waals surface area contributed by atoms with E-state index in [1.807, 2.05) is 6.07 Å². The summed E-state index contributed by atoms with van der Waals surface area (Å²) in [6.07, 6.45) is 5.57. The minimum atomic E-state index is 0.851. The van der Waals surface area contributed by atoms with Gasteiger partial charge in [-0.3, -0.25) is 0 Å². The van der Waals surface area contributed by atoms with Gasteiger partial charge in [-0.15, -0.1) is 0 Å². The highest BCUT2D eigenvalue weighted by atomic mass is 16.5. The van der Waals surface area contributed by atoms with Crippen LogP contribution in [0.25, 0.3) is 0 Å². The molecule has 1 aromatic carbocycles. The van der Waals surface area contributed by atoms with Gasteiger partial charge in [0.05, 0.1) is 14.2 Å². The Morgan fingerprint density at radius 3 is 2.33 bits per heavy atom. The number of ether oxygens (including phenoxy) is 2. The largest absolute Gasteiger partial charge is 0.497 e. The van der Waals surface area contributed by atoms with Gasteiger partial charge in [-0.2, -0.15) is 0 Å². The Labute approximate surface area is 109 Å². The molecule has 1 N–H and O–H groups in total. The third-order valence-electron chi connectivity index (χ3n) is 3.40. The van der Waals surface area contributed by atoms with Crippen LogP contribution in [0.3, 0.4) is 0 Å². The van der Waals surface area contributed by atoms with Gasteiger partial charge in [-0.25, -0.2) is 0 Å². The van der Waals surface area contributed by atoms with Crippen molar-refractivity contribution >= 4 is 0 Å². The molecule has 1 fully saturated rings. The first-order chi connectivity index (χ1) is 8.81. The van der Waals surface area contributed by atoms with E-state index >= 15 is 0 Å². The van der Waals surface area contributed by atoms with E-state index in [-0.39, 0.29) is 0 Å². The van der Waals surface area contributed by atoms with Crippen LogP contribution in [0.5, 0.6) is 11.5 Å². The van der Waals surface area contributed by atoms with Crippen molar-refractivity contribution in [3.8, 4) is 11.5 Å². The topological polar surface area (TPSA) is 30.5 Å². The standard InChI is InChI=1S/C15H23NO2/c1-17-14-8-13(9-15(10-14)18-2)11-16-7-3-4-12-5-6-12/h8-10,12,16H,3-7,11H2,1-2H3. The molecular formula is C15H23NO2. The van der Waals surface area contributed by atoms with Crippen LogP contribution in [0.1, 0.15) is 31.2 Å². The molecule has 100 valence electrons. The van der Waals surface area contributed by atoms with E-state index in [2.05, 4.69) is 17.4 Å². The summed E-state index contributed by atoms with van der Waals surface area (Å²) in [5.74, 6) is 2.73. The summed E-state index contributed by atoms with van der Waals surface area (Å²) in [5, 5.41) is 3.48. The zero-order valence-electron chi connectivity index (χ0n) is 11.4. The van der Waals surface area contributed by atoms with Crippen molar-refractivity contribution in [2.75, 3.05) is 20.8 Å². The molecule has 2 rings (SSSR count). The molecular weight excluding hydrogens is 226 g/mol. The van der Waals surface area contributed by atoms with Crippen molar-refractivity contribution in [3.05, 3.63) is 23.8 Å². The Bertz CT molecular complexity index is 353. The Morgan fingerprint density at radius 2 is 1.78 bits per heavy atom. The fourth-order valence-electron chi connectivity index (χ4n) is 2.12. The molecule has 18 heavy (non-hydrogen) atoms. The highest BCUT2D eigenvalue weighted by molar-refractivity contribution is 5.38. The predicted molar refractivity (Wildman–Crippen MR) is 73.2 cm³/mol. The molecule has 0 atom stereocenters. The van der Waals surface area contributed by atoms with Gasteiger partial charge in [0.1, 0.15) is 11.5 Å². The second-order valence-corrected chi connectivity index (χ2v) is 4.98. The lowest BCUT2D eigenvalue weighted by atomic mass is 10.2. The van der Waals surface area contributed by atoms with E-state index < -0.39 is 0 Å². The van der Waals surface area contributed by atoms with E-state index in [0.717, 1.165) is 30.5 Å². The zero-order chi connectivity index (χ0) is 12.8. The molecule has 0 aromatic heterocycles. The number of nitrogens with one attached hydrogen (secondary N) is 1. The van der Waals surface area contributed by atoms with Crippen LogP contribution < -0.4 is 14.8 Å². The van der Waals surface area contributed by atoms with E-state index in [0.29, 0.717) is 0 Å². The molecule has 1 saturated carbocycles. The van der Waals surface area contributed by atoms with E-state index in [4.69, 9.17) is 9.47 Å². The second kappa shape index (κ2) is 6.64. The normalized spacial score (nSPS) is 14.6. The van der Waals surface area contributed by atoms with Crippen LogP contribution >= 0.6 is 0 Å². The molecule has 0 aliphatic heterocycles. The fraction of sp³-hybridized carbons (Fsp3) is 0.600. The average molecular weight is 249 g/mol. The first kappa shape index (κ1) is 13.2. The number of benzene rings is 1. The summed E-state index contributed by atoms with van der Waals surface area (Å²) in [4.78, 5) is 0. The molecule has 0 heterocycles. The van der Waals surface area contributed by atoms with Crippen LogP contribution in [0, 0.1) is 5.92 Å². The highest BCUT2D eigenvalue weighted by Crippen LogP contribution is 2.33. The summed E-state index contributed by atoms with van der Waals surface area (Å²) in [6, 6.07) is 6.00. The number of hydrogen-bond donors (Lipinski definition) is 1. The van der Waals surface area contributed by atoms with E-state index in [9.17, 15) is 0 Å². The lowest BCUT2D eigenvalue weighted by Crippen LogP contribution is -2.14. The molecule has 3 nitrogen and oxygen atoms in total. The highest BCUT2D eigenvalue weighted by Gasteiger charge is 2.19. The van der Waals surface area contributed by atoms with Gasteiger partial charge in [-0.1, -0.05) is 12.8 Å². The summed E-state index contributed by atoms with van der Waals surface area (Å²) < 4.78 is 10.5. The van der Waals surface area contributed by atoms with Crippen LogP contribution in [0.4, 0.5) is 0 Å².